The maximum absolute atomic E-state index is 5.83. The van der Waals surface area contributed by atoms with E-state index >= 15 is 0 Å². The molecule has 2 N–H and O–H groups in total. The molecule has 0 fully saturated rings. The van der Waals surface area contributed by atoms with E-state index in [1.807, 2.05) is 37.4 Å². The van der Waals surface area contributed by atoms with E-state index in [9.17, 15) is 0 Å². The molecule has 0 aliphatic carbocycles. The van der Waals surface area contributed by atoms with E-state index in [2.05, 4.69) is 10.2 Å². The van der Waals surface area contributed by atoms with Crippen molar-refractivity contribution in [2.24, 2.45) is 5.73 Å². The fourth-order valence-electron chi connectivity index (χ4n) is 1.41. The van der Waals surface area contributed by atoms with Gasteiger partial charge < -0.3 is 10.2 Å². The summed E-state index contributed by atoms with van der Waals surface area (Å²) in [4.78, 5) is 1.21. The second-order valence-corrected chi connectivity index (χ2v) is 4.57. The molecule has 1 aromatic heterocycles. The highest BCUT2D eigenvalue weighted by atomic mass is 32.2. The van der Waals surface area contributed by atoms with Crippen LogP contribution in [0.3, 0.4) is 0 Å². The van der Waals surface area contributed by atoms with Gasteiger partial charge in [0.25, 0.3) is 0 Å². The number of nitrogens with two attached hydrogens (primary N) is 1. The third-order valence-corrected chi connectivity index (χ3v) is 3.28. The summed E-state index contributed by atoms with van der Waals surface area (Å²) in [6, 6.07) is 7.83. The van der Waals surface area contributed by atoms with Crippen molar-refractivity contribution in [3.8, 4) is 11.5 Å². The zero-order chi connectivity index (χ0) is 12.3. The fourth-order valence-corrected chi connectivity index (χ4v) is 1.82. The number of rotatable bonds is 4. The highest BCUT2D eigenvalue weighted by Gasteiger charge is 2.13. The molecule has 4 nitrogen and oxygen atoms in total. The van der Waals surface area contributed by atoms with Gasteiger partial charge in [-0.2, -0.15) is 0 Å². The van der Waals surface area contributed by atoms with Crippen molar-refractivity contribution in [3.63, 3.8) is 0 Å². The minimum atomic E-state index is -0.179. The average molecular weight is 249 g/mol. The molecule has 17 heavy (non-hydrogen) atoms. The first-order chi connectivity index (χ1) is 8.24. The van der Waals surface area contributed by atoms with E-state index in [-0.39, 0.29) is 6.04 Å². The molecule has 0 saturated carbocycles. The number of hydrogen-bond donors (Lipinski definition) is 1. The van der Waals surface area contributed by atoms with Crippen molar-refractivity contribution >= 4 is 11.8 Å². The second-order valence-electron chi connectivity index (χ2n) is 3.69. The number of aromatic nitrogens is 2. The number of benzene rings is 1. The van der Waals surface area contributed by atoms with Crippen molar-refractivity contribution in [3.05, 3.63) is 30.2 Å². The van der Waals surface area contributed by atoms with Crippen LogP contribution in [-0.4, -0.2) is 16.5 Å². The second kappa shape index (κ2) is 5.33. The van der Waals surface area contributed by atoms with E-state index in [0.29, 0.717) is 11.8 Å². The molecule has 0 spiro atoms. The molecule has 0 radical (unpaired) electrons. The Hall–Kier alpha value is -1.33. The summed E-state index contributed by atoms with van der Waals surface area (Å²) in [5.74, 6) is 1.02. The van der Waals surface area contributed by atoms with Crippen LogP contribution in [-0.2, 0) is 0 Å². The zero-order valence-electron chi connectivity index (χ0n) is 9.88. The Balaban J connectivity index is 2.24. The molecular weight excluding hydrogens is 234 g/mol. The predicted octanol–water partition coefficient (Wildman–Crippen LogP) is 2.87. The smallest absolute Gasteiger partial charge is 0.247 e. The molecule has 0 aliphatic heterocycles. The van der Waals surface area contributed by atoms with Gasteiger partial charge in [0.05, 0.1) is 6.04 Å². The standard InChI is InChI=1S/C12H15N3OS/c1-3-10(13)12-15-14-11(16-12)8-4-6-9(17-2)7-5-8/h4-7,10H,3,13H2,1-2H3. The average Bonchev–Trinajstić information content (AvgIpc) is 2.87. The molecule has 5 heteroatoms. The van der Waals surface area contributed by atoms with Crippen LogP contribution >= 0.6 is 11.8 Å². The molecule has 2 aromatic rings. The highest BCUT2D eigenvalue weighted by Crippen LogP contribution is 2.23. The Morgan fingerprint density at radius 3 is 2.59 bits per heavy atom. The Morgan fingerprint density at radius 2 is 2.00 bits per heavy atom. The lowest BCUT2D eigenvalue weighted by Gasteiger charge is -2.00. The van der Waals surface area contributed by atoms with Crippen molar-refractivity contribution < 1.29 is 4.42 Å². The van der Waals surface area contributed by atoms with Crippen LogP contribution in [0, 0.1) is 0 Å². The largest absolute Gasteiger partial charge is 0.419 e. The third-order valence-electron chi connectivity index (χ3n) is 2.53. The normalized spacial score (nSPS) is 12.6. The molecule has 0 saturated heterocycles. The Bertz CT molecular complexity index is 481. The molecule has 1 unspecified atom stereocenters. The number of hydrogen-bond acceptors (Lipinski definition) is 5. The zero-order valence-corrected chi connectivity index (χ0v) is 10.7. The van der Waals surface area contributed by atoms with Crippen molar-refractivity contribution in [2.45, 2.75) is 24.3 Å². The lowest BCUT2D eigenvalue weighted by molar-refractivity contribution is 0.452. The summed E-state index contributed by atoms with van der Waals surface area (Å²) in [7, 11) is 0. The lowest BCUT2D eigenvalue weighted by atomic mass is 10.2. The van der Waals surface area contributed by atoms with Gasteiger partial charge in [0.1, 0.15) is 0 Å². The molecule has 0 aliphatic rings. The first kappa shape index (κ1) is 12.1. The van der Waals surface area contributed by atoms with Crippen LogP contribution in [0.5, 0.6) is 0 Å². The van der Waals surface area contributed by atoms with Crippen molar-refractivity contribution in [2.75, 3.05) is 6.26 Å². The first-order valence-corrected chi connectivity index (χ1v) is 6.70. The SMILES string of the molecule is CCC(N)c1nnc(-c2ccc(SC)cc2)o1. The summed E-state index contributed by atoms with van der Waals surface area (Å²) in [6.45, 7) is 1.99. The van der Waals surface area contributed by atoms with Gasteiger partial charge in [-0.1, -0.05) is 6.92 Å². The first-order valence-electron chi connectivity index (χ1n) is 5.48. The molecule has 90 valence electrons. The maximum atomic E-state index is 5.83. The molecule has 1 heterocycles. The van der Waals surface area contributed by atoms with Gasteiger partial charge in [-0.3, -0.25) is 0 Å². The monoisotopic (exact) mass is 249 g/mol. The quantitative estimate of drug-likeness (QED) is 0.844. The van der Waals surface area contributed by atoms with E-state index in [1.54, 1.807) is 11.8 Å². The van der Waals surface area contributed by atoms with Gasteiger partial charge >= 0.3 is 0 Å². The summed E-state index contributed by atoms with van der Waals surface area (Å²) in [5.41, 5.74) is 6.75. The van der Waals surface area contributed by atoms with Crippen LogP contribution in [0.25, 0.3) is 11.5 Å². The van der Waals surface area contributed by atoms with Crippen LogP contribution in [0.1, 0.15) is 25.3 Å². The van der Waals surface area contributed by atoms with E-state index in [0.717, 1.165) is 12.0 Å². The Morgan fingerprint density at radius 1 is 1.29 bits per heavy atom. The van der Waals surface area contributed by atoms with E-state index < -0.39 is 0 Å². The molecule has 1 aromatic carbocycles. The maximum Gasteiger partial charge on any atom is 0.247 e. The molecule has 0 amide bonds. The van der Waals surface area contributed by atoms with Crippen LogP contribution in [0.4, 0.5) is 0 Å². The Labute approximate surface area is 105 Å². The van der Waals surface area contributed by atoms with E-state index in [4.69, 9.17) is 10.2 Å². The fraction of sp³-hybridized carbons (Fsp3) is 0.333. The van der Waals surface area contributed by atoms with Gasteiger partial charge in [0.15, 0.2) is 0 Å². The summed E-state index contributed by atoms with van der Waals surface area (Å²) in [5, 5.41) is 7.97. The van der Waals surface area contributed by atoms with Gasteiger partial charge in [0, 0.05) is 10.5 Å². The highest BCUT2D eigenvalue weighted by molar-refractivity contribution is 7.98. The van der Waals surface area contributed by atoms with Gasteiger partial charge in [-0.05, 0) is 36.9 Å². The molecule has 2 rings (SSSR count). The minimum absolute atomic E-state index is 0.179. The Kier molecular flexibility index (Phi) is 3.81. The number of thioether (sulfide) groups is 1. The molecule has 1 atom stereocenters. The van der Waals surface area contributed by atoms with Crippen LogP contribution in [0.15, 0.2) is 33.6 Å². The molecular formula is C12H15N3OS. The van der Waals surface area contributed by atoms with Crippen molar-refractivity contribution in [1.82, 2.24) is 10.2 Å². The lowest BCUT2D eigenvalue weighted by Crippen LogP contribution is -2.08. The summed E-state index contributed by atoms with van der Waals surface area (Å²) in [6.07, 6.45) is 2.83. The minimum Gasteiger partial charge on any atom is -0.419 e. The molecule has 0 bridgehead atoms. The van der Waals surface area contributed by atoms with Crippen LogP contribution in [0.2, 0.25) is 0 Å². The van der Waals surface area contributed by atoms with E-state index in [1.165, 1.54) is 4.90 Å². The summed E-state index contributed by atoms with van der Waals surface area (Å²) >= 11 is 1.70. The topological polar surface area (TPSA) is 64.9 Å². The van der Waals surface area contributed by atoms with Gasteiger partial charge in [-0.15, -0.1) is 22.0 Å². The number of nitrogens with zero attached hydrogens (tertiary/aromatic N) is 2. The predicted molar refractivity (Wildman–Crippen MR) is 68.7 cm³/mol. The van der Waals surface area contributed by atoms with Crippen LogP contribution < -0.4 is 5.73 Å². The van der Waals surface area contributed by atoms with Gasteiger partial charge in [-0.25, -0.2) is 0 Å². The van der Waals surface area contributed by atoms with Gasteiger partial charge in [0.2, 0.25) is 11.8 Å². The summed E-state index contributed by atoms with van der Waals surface area (Å²) < 4.78 is 5.54. The third kappa shape index (κ3) is 2.68. The van der Waals surface area contributed by atoms with Crippen molar-refractivity contribution in [1.29, 1.82) is 0 Å².